The molecule has 1 unspecified atom stereocenters. The van der Waals surface area contributed by atoms with Gasteiger partial charge in [-0.1, -0.05) is 11.2 Å². The van der Waals surface area contributed by atoms with E-state index in [4.69, 9.17) is 9.51 Å². The Hall–Kier alpha value is -3.02. The number of nitrogens with one attached hydrogen (secondary N) is 1. The van der Waals surface area contributed by atoms with Gasteiger partial charge < -0.3 is 9.51 Å². The number of rotatable bonds is 4. The SMILES string of the molecule is Cc1noc(C)c1-c1cc(C(F)c2ccccn2)c2nc(C3CC3)[nH]c2c1. The van der Waals surface area contributed by atoms with Crippen molar-refractivity contribution in [2.75, 3.05) is 0 Å². The summed E-state index contributed by atoms with van der Waals surface area (Å²) in [6.07, 6.45) is 2.51. The van der Waals surface area contributed by atoms with Crippen molar-refractivity contribution in [2.24, 2.45) is 0 Å². The van der Waals surface area contributed by atoms with E-state index in [0.717, 1.165) is 41.0 Å². The summed E-state index contributed by atoms with van der Waals surface area (Å²) in [6.45, 7) is 3.76. The average Bonchev–Trinajstić information content (AvgIpc) is 3.36. The molecule has 1 N–H and O–H groups in total. The fourth-order valence-corrected chi connectivity index (χ4v) is 3.63. The lowest BCUT2D eigenvalue weighted by molar-refractivity contribution is 0.393. The van der Waals surface area contributed by atoms with Crippen LogP contribution in [0.25, 0.3) is 22.2 Å². The Balaban J connectivity index is 1.74. The second-order valence-electron chi connectivity index (χ2n) is 7.17. The normalized spacial score (nSPS) is 15.4. The molecule has 0 radical (unpaired) electrons. The van der Waals surface area contributed by atoms with Crippen LogP contribution in [-0.2, 0) is 0 Å². The minimum Gasteiger partial charge on any atom is -0.361 e. The molecule has 0 saturated heterocycles. The van der Waals surface area contributed by atoms with Crippen LogP contribution < -0.4 is 0 Å². The molecule has 6 heteroatoms. The topological polar surface area (TPSA) is 67.6 Å². The van der Waals surface area contributed by atoms with Crippen LogP contribution in [0.5, 0.6) is 0 Å². The molecule has 27 heavy (non-hydrogen) atoms. The lowest BCUT2D eigenvalue weighted by Gasteiger charge is -2.11. The van der Waals surface area contributed by atoms with E-state index < -0.39 is 6.17 Å². The number of H-pyrrole nitrogens is 1. The van der Waals surface area contributed by atoms with Gasteiger partial charge in [0.05, 0.1) is 22.4 Å². The second kappa shape index (κ2) is 6.01. The number of nitrogens with zero attached hydrogens (tertiary/aromatic N) is 3. The van der Waals surface area contributed by atoms with E-state index in [1.807, 2.05) is 26.0 Å². The highest BCUT2D eigenvalue weighted by molar-refractivity contribution is 5.87. The third-order valence-electron chi connectivity index (χ3n) is 5.14. The molecule has 1 aliphatic rings. The average molecular weight is 362 g/mol. The molecule has 0 aliphatic heterocycles. The summed E-state index contributed by atoms with van der Waals surface area (Å²) in [5, 5.41) is 4.04. The summed E-state index contributed by atoms with van der Waals surface area (Å²) in [5.41, 5.74) is 4.96. The molecule has 4 aromatic rings. The van der Waals surface area contributed by atoms with Crippen LogP contribution in [0.15, 0.2) is 41.1 Å². The predicted molar refractivity (Wildman–Crippen MR) is 100 cm³/mol. The van der Waals surface area contributed by atoms with E-state index in [0.29, 0.717) is 28.5 Å². The highest BCUT2D eigenvalue weighted by Gasteiger charge is 2.29. The number of imidazole rings is 1. The molecule has 3 aromatic heterocycles. The van der Waals surface area contributed by atoms with E-state index in [2.05, 4.69) is 15.1 Å². The van der Waals surface area contributed by atoms with Gasteiger partial charge in [0.2, 0.25) is 0 Å². The maximum atomic E-state index is 15.5. The maximum Gasteiger partial charge on any atom is 0.169 e. The van der Waals surface area contributed by atoms with Crippen LogP contribution in [0.2, 0.25) is 0 Å². The van der Waals surface area contributed by atoms with Crippen LogP contribution in [0, 0.1) is 13.8 Å². The zero-order chi connectivity index (χ0) is 18.5. The lowest BCUT2D eigenvalue weighted by Crippen LogP contribution is -1.99. The number of hydrogen-bond acceptors (Lipinski definition) is 4. The Morgan fingerprint density at radius 1 is 1.22 bits per heavy atom. The summed E-state index contributed by atoms with van der Waals surface area (Å²) in [6, 6.07) is 9.14. The molecule has 0 amide bonds. The highest BCUT2D eigenvalue weighted by atomic mass is 19.1. The van der Waals surface area contributed by atoms with Gasteiger partial charge in [0.15, 0.2) is 6.17 Å². The first kappa shape index (κ1) is 16.2. The van der Waals surface area contributed by atoms with Gasteiger partial charge in [0.1, 0.15) is 11.6 Å². The number of aryl methyl sites for hydroxylation is 2. The van der Waals surface area contributed by atoms with Gasteiger partial charge in [-0.2, -0.15) is 0 Å². The number of aromatic nitrogens is 4. The number of hydrogen-bond donors (Lipinski definition) is 1. The van der Waals surface area contributed by atoms with Gasteiger partial charge >= 0.3 is 0 Å². The number of fused-ring (bicyclic) bond motifs is 1. The summed E-state index contributed by atoms with van der Waals surface area (Å²) in [5.74, 6) is 2.11. The molecule has 136 valence electrons. The van der Waals surface area contributed by atoms with Crippen LogP contribution >= 0.6 is 0 Å². The van der Waals surface area contributed by atoms with Gasteiger partial charge in [-0.3, -0.25) is 4.98 Å². The minimum absolute atomic E-state index is 0.380. The monoisotopic (exact) mass is 362 g/mol. The fourth-order valence-electron chi connectivity index (χ4n) is 3.63. The van der Waals surface area contributed by atoms with Crippen molar-refractivity contribution in [3.63, 3.8) is 0 Å². The highest BCUT2D eigenvalue weighted by Crippen LogP contribution is 2.41. The Bertz CT molecular complexity index is 1110. The molecular weight excluding hydrogens is 343 g/mol. The van der Waals surface area contributed by atoms with Crippen LogP contribution in [0.3, 0.4) is 0 Å². The van der Waals surface area contributed by atoms with Crippen molar-refractivity contribution in [1.82, 2.24) is 20.1 Å². The standard InChI is InChI=1S/C21H19FN4O/c1-11-18(12(2)27-26-11)14-9-15(19(22)16-5-3-4-8-23-16)20-17(10-14)24-21(25-20)13-6-7-13/h3-5,8-10,13,19H,6-7H2,1-2H3,(H,24,25). The van der Waals surface area contributed by atoms with Crippen molar-refractivity contribution < 1.29 is 8.91 Å². The third-order valence-corrected chi connectivity index (χ3v) is 5.14. The van der Waals surface area contributed by atoms with E-state index in [1.165, 1.54) is 0 Å². The van der Waals surface area contributed by atoms with E-state index >= 15 is 4.39 Å². The smallest absolute Gasteiger partial charge is 0.169 e. The molecule has 1 aliphatic carbocycles. The first-order valence-electron chi connectivity index (χ1n) is 9.13. The van der Waals surface area contributed by atoms with Gasteiger partial charge in [-0.05, 0) is 56.5 Å². The van der Waals surface area contributed by atoms with E-state index in [-0.39, 0.29) is 0 Å². The Labute approximate surface area is 155 Å². The second-order valence-corrected chi connectivity index (χ2v) is 7.17. The molecule has 5 rings (SSSR count). The van der Waals surface area contributed by atoms with Crippen molar-refractivity contribution >= 4 is 11.0 Å². The summed E-state index contributed by atoms with van der Waals surface area (Å²) >= 11 is 0. The minimum atomic E-state index is -1.36. The first-order valence-corrected chi connectivity index (χ1v) is 9.13. The first-order chi connectivity index (χ1) is 13.1. The summed E-state index contributed by atoms with van der Waals surface area (Å²) in [7, 11) is 0. The summed E-state index contributed by atoms with van der Waals surface area (Å²) < 4.78 is 20.8. The number of halogens is 1. The largest absolute Gasteiger partial charge is 0.361 e. The molecule has 1 aromatic carbocycles. The lowest BCUT2D eigenvalue weighted by atomic mass is 9.97. The molecule has 5 nitrogen and oxygen atoms in total. The molecule has 0 bridgehead atoms. The maximum absolute atomic E-state index is 15.5. The van der Waals surface area contributed by atoms with E-state index in [9.17, 15) is 0 Å². The van der Waals surface area contributed by atoms with Crippen LogP contribution in [0.1, 0.15) is 53.5 Å². The van der Waals surface area contributed by atoms with Gasteiger partial charge in [-0.25, -0.2) is 9.37 Å². The fraction of sp³-hybridized carbons (Fsp3) is 0.286. The molecule has 0 spiro atoms. The van der Waals surface area contributed by atoms with Crippen LogP contribution in [0.4, 0.5) is 4.39 Å². The molecule has 1 atom stereocenters. The van der Waals surface area contributed by atoms with Crippen molar-refractivity contribution in [2.45, 2.75) is 38.8 Å². The van der Waals surface area contributed by atoms with E-state index in [1.54, 1.807) is 24.4 Å². The van der Waals surface area contributed by atoms with Crippen molar-refractivity contribution in [3.05, 3.63) is 65.1 Å². The molecule has 1 fully saturated rings. The third kappa shape index (κ3) is 2.72. The van der Waals surface area contributed by atoms with Crippen molar-refractivity contribution in [3.8, 4) is 11.1 Å². The molecule has 1 saturated carbocycles. The Morgan fingerprint density at radius 3 is 2.74 bits per heavy atom. The zero-order valence-corrected chi connectivity index (χ0v) is 15.2. The van der Waals surface area contributed by atoms with Crippen LogP contribution in [-0.4, -0.2) is 20.1 Å². The van der Waals surface area contributed by atoms with Crippen molar-refractivity contribution in [1.29, 1.82) is 0 Å². The van der Waals surface area contributed by atoms with Gasteiger partial charge in [0.25, 0.3) is 0 Å². The molecular formula is C21H19FN4O. The van der Waals surface area contributed by atoms with Gasteiger partial charge in [-0.15, -0.1) is 0 Å². The number of alkyl halides is 1. The number of aromatic amines is 1. The molecule has 3 heterocycles. The summed E-state index contributed by atoms with van der Waals surface area (Å²) in [4.78, 5) is 12.3. The zero-order valence-electron chi connectivity index (χ0n) is 15.2. The number of pyridine rings is 1. The Morgan fingerprint density at radius 2 is 2.07 bits per heavy atom. The predicted octanol–water partition coefficient (Wildman–Crippen LogP) is 5.17. The number of benzene rings is 1. The Kier molecular flexibility index (Phi) is 3.60. The van der Waals surface area contributed by atoms with Gasteiger partial charge in [0, 0.05) is 23.2 Å². The quantitative estimate of drug-likeness (QED) is 0.544.